The lowest BCUT2D eigenvalue weighted by Gasteiger charge is -2.28. The summed E-state index contributed by atoms with van der Waals surface area (Å²) in [5.41, 5.74) is 0.233. The minimum absolute atomic E-state index is 0.0348. The number of carbonyl (C=O) groups excluding carboxylic acids is 1. The van der Waals surface area contributed by atoms with E-state index in [1.165, 1.54) is 12.1 Å². The first-order valence-corrected chi connectivity index (χ1v) is 6.26. The maximum Gasteiger partial charge on any atom is 0.272 e. The molecule has 98 valence electrons. The number of carbonyl (C=O) groups is 1. The van der Waals surface area contributed by atoms with Gasteiger partial charge in [-0.3, -0.25) is 4.79 Å². The minimum Gasteiger partial charge on any atom is -0.394 e. The van der Waals surface area contributed by atoms with Gasteiger partial charge in [-0.2, -0.15) is 0 Å². The van der Waals surface area contributed by atoms with Gasteiger partial charge in [0.15, 0.2) is 0 Å². The predicted octanol–water partition coefficient (Wildman–Crippen LogP) is 1.60. The second-order valence-corrected chi connectivity index (χ2v) is 4.55. The summed E-state index contributed by atoms with van der Waals surface area (Å²) >= 11 is 0. The van der Waals surface area contributed by atoms with Gasteiger partial charge in [0.05, 0.1) is 18.8 Å². The first-order chi connectivity index (χ1) is 8.72. The molecule has 0 spiro atoms. The Bertz CT molecular complexity index is 408. The molecule has 1 aliphatic rings. The van der Waals surface area contributed by atoms with E-state index in [4.69, 9.17) is 0 Å². The lowest BCUT2D eigenvalue weighted by atomic mass is 10.1. The van der Waals surface area contributed by atoms with Crippen LogP contribution >= 0.6 is 0 Å². The first kappa shape index (κ1) is 13.0. The molecule has 0 aliphatic carbocycles. The van der Waals surface area contributed by atoms with Crippen LogP contribution in [0.1, 0.15) is 36.2 Å². The molecule has 0 saturated carbocycles. The molecule has 1 unspecified atom stereocenters. The predicted molar refractivity (Wildman–Crippen MR) is 64.6 cm³/mol. The van der Waals surface area contributed by atoms with Crippen LogP contribution in [0.5, 0.6) is 0 Å². The number of halogens is 1. The SMILES string of the molecule is O=C(c1ccc(F)cn1)N1CCCCCC1CO. The monoisotopic (exact) mass is 252 g/mol. The van der Waals surface area contributed by atoms with Crippen molar-refractivity contribution in [3.63, 3.8) is 0 Å². The quantitative estimate of drug-likeness (QED) is 0.869. The van der Waals surface area contributed by atoms with Crippen molar-refractivity contribution in [3.8, 4) is 0 Å². The van der Waals surface area contributed by atoms with Crippen molar-refractivity contribution < 1.29 is 14.3 Å². The number of hydrogen-bond donors (Lipinski definition) is 1. The summed E-state index contributed by atoms with van der Waals surface area (Å²) in [6.45, 7) is 0.593. The molecule has 1 aromatic rings. The zero-order valence-corrected chi connectivity index (χ0v) is 10.2. The highest BCUT2D eigenvalue weighted by Crippen LogP contribution is 2.18. The van der Waals surface area contributed by atoms with Gasteiger partial charge in [0.25, 0.3) is 5.91 Å². The van der Waals surface area contributed by atoms with Crippen molar-refractivity contribution in [2.45, 2.75) is 31.7 Å². The molecule has 1 fully saturated rings. The number of rotatable bonds is 2. The number of aliphatic hydroxyl groups excluding tert-OH is 1. The number of pyridine rings is 1. The second-order valence-electron chi connectivity index (χ2n) is 4.55. The number of nitrogens with zero attached hydrogens (tertiary/aromatic N) is 2. The third-order valence-electron chi connectivity index (χ3n) is 3.30. The lowest BCUT2D eigenvalue weighted by molar-refractivity contribution is 0.0594. The molecule has 0 radical (unpaired) electrons. The Hall–Kier alpha value is -1.49. The Kier molecular flexibility index (Phi) is 4.25. The van der Waals surface area contributed by atoms with Crippen LogP contribution in [-0.2, 0) is 0 Å². The van der Waals surface area contributed by atoms with Crippen molar-refractivity contribution in [2.24, 2.45) is 0 Å². The minimum atomic E-state index is -0.457. The van der Waals surface area contributed by atoms with Crippen LogP contribution in [0.2, 0.25) is 0 Å². The Labute approximate surface area is 105 Å². The van der Waals surface area contributed by atoms with E-state index in [1.54, 1.807) is 4.90 Å². The molecule has 4 nitrogen and oxygen atoms in total. The highest BCUT2D eigenvalue weighted by molar-refractivity contribution is 5.92. The van der Waals surface area contributed by atoms with E-state index in [2.05, 4.69) is 4.98 Å². The highest BCUT2D eigenvalue weighted by atomic mass is 19.1. The van der Waals surface area contributed by atoms with Crippen LogP contribution < -0.4 is 0 Å². The second kappa shape index (κ2) is 5.91. The molecule has 18 heavy (non-hydrogen) atoms. The highest BCUT2D eigenvalue weighted by Gasteiger charge is 2.26. The number of hydrogen-bond acceptors (Lipinski definition) is 3. The summed E-state index contributed by atoms with van der Waals surface area (Å²) in [5.74, 6) is -0.683. The fourth-order valence-electron chi connectivity index (χ4n) is 2.28. The number of amides is 1. The van der Waals surface area contributed by atoms with E-state index in [0.29, 0.717) is 6.54 Å². The number of likely N-dealkylation sites (tertiary alicyclic amines) is 1. The first-order valence-electron chi connectivity index (χ1n) is 6.26. The van der Waals surface area contributed by atoms with Gasteiger partial charge in [0.2, 0.25) is 0 Å². The van der Waals surface area contributed by atoms with Crippen molar-refractivity contribution in [2.75, 3.05) is 13.2 Å². The molecule has 1 atom stereocenters. The summed E-state index contributed by atoms with van der Waals surface area (Å²) in [4.78, 5) is 17.7. The summed E-state index contributed by atoms with van der Waals surface area (Å²) < 4.78 is 12.8. The van der Waals surface area contributed by atoms with Crippen LogP contribution in [0, 0.1) is 5.82 Å². The van der Waals surface area contributed by atoms with Gasteiger partial charge in [0, 0.05) is 6.54 Å². The summed E-state index contributed by atoms with van der Waals surface area (Å²) in [6.07, 6.45) is 4.87. The maximum absolute atomic E-state index is 12.8. The standard InChI is InChI=1S/C13H17FN2O2/c14-10-5-6-12(15-8-10)13(18)16-7-3-1-2-4-11(16)9-17/h5-6,8,11,17H,1-4,7,9H2. The molecule has 2 rings (SSSR count). The zero-order valence-electron chi connectivity index (χ0n) is 10.2. The average Bonchev–Trinajstić information content (AvgIpc) is 2.63. The topological polar surface area (TPSA) is 53.4 Å². The van der Waals surface area contributed by atoms with Gasteiger partial charge in [-0.05, 0) is 25.0 Å². The Balaban J connectivity index is 2.17. The fourth-order valence-corrected chi connectivity index (χ4v) is 2.28. The molecule has 1 saturated heterocycles. The molecule has 2 heterocycles. The largest absolute Gasteiger partial charge is 0.394 e. The smallest absolute Gasteiger partial charge is 0.272 e. The molecule has 1 amide bonds. The van der Waals surface area contributed by atoms with Gasteiger partial charge in [-0.25, -0.2) is 9.37 Å². The van der Waals surface area contributed by atoms with Crippen molar-refractivity contribution in [3.05, 3.63) is 29.8 Å². The van der Waals surface area contributed by atoms with E-state index in [1.807, 2.05) is 0 Å². The van der Waals surface area contributed by atoms with E-state index >= 15 is 0 Å². The van der Waals surface area contributed by atoms with E-state index in [-0.39, 0.29) is 24.2 Å². The Morgan fingerprint density at radius 2 is 2.28 bits per heavy atom. The van der Waals surface area contributed by atoms with Crippen molar-refractivity contribution in [1.82, 2.24) is 9.88 Å². The van der Waals surface area contributed by atoms with Crippen molar-refractivity contribution in [1.29, 1.82) is 0 Å². The molecule has 0 aromatic carbocycles. The van der Waals surface area contributed by atoms with Crippen LogP contribution in [0.4, 0.5) is 4.39 Å². The van der Waals surface area contributed by atoms with Gasteiger partial charge in [0.1, 0.15) is 11.5 Å². The van der Waals surface area contributed by atoms with Gasteiger partial charge >= 0.3 is 0 Å². The van der Waals surface area contributed by atoms with Crippen molar-refractivity contribution >= 4 is 5.91 Å². The van der Waals surface area contributed by atoms with Crippen LogP contribution in [-0.4, -0.2) is 40.1 Å². The van der Waals surface area contributed by atoms with Crippen LogP contribution in [0.15, 0.2) is 18.3 Å². The maximum atomic E-state index is 12.8. The van der Waals surface area contributed by atoms with Gasteiger partial charge in [-0.1, -0.05) is 12.8 Å². The molecule has 1 aliphatic heterocycles. The van der Waals surface area contributed by atoms with E-state index < -0.39 is 5.82 Å². The van der Waals surface area contributed by atoms with E-state index in [9.17, 15) is 14.3 Å². The number of aromatic nitrogens is 1. The summed E-state index contributed by atoms with van der Waals surface area (Å²) in [5, 5.41) is 9.35. The molecular formula is C13H17FN2O2. The van der Waals surface area contributed by atoms with Crippen LogP contribution in [0.3, 0.4) is 0 Å². The molecule has 5 heteroatoms. The van der Waals surface area contributed by atoms with Gasteiger partial charge < -0.3 is 10.0 Å². The fraction of sp³-hybridized carbons (Fsp3) is 0.538. The third kappa shape index (κ3) is 2.85. The molecule has 1 N–H and O–H groups in total. The summed E-state index contributed by atoms with van der Waals surface area (Å²) in [6, 6.07) is 2.47. The van der Waals surface area contributed by atoms with Crippen LogP contribution in [0.25, 0.3) is 0 Å². The normalized spacial score (nSPS) is 20.6. The third-order valence-corrected chi connectivity index (χ3v) is 3.30. The Morgan fingerprint density at radius 1 is 1.44 bits per heavy atom. The Morgan fingerprint density at radius 3 is 2.94 bits per heavy atom. The van der Waals surface area contributed by atoms with E-state index in [0.717, 1.165) is 31.9 Å². The summed E-state index contributed by atoms with van der Waals surface area (Å²) in [7, 11) is 0. The lowest BCUT2D eigenvalue weighted by Crippen LogP contribution is -2.42. The van der Waals surface area contributed by atoms with Gasteiger partial charge in [-0.15, -0.1) is 0 Å². The number of aliphatic hydroxyl groups is 1. The molecule has 0 bridgehead atoms. The molecular weight excluding hydrogens is 235 g/mol. The molecule has 1 aromatic heterocycles. The average molecular weight is 252 g/mol. The zero-order chi connectivity index (χ0) is 13.0.